The molecule has 0 saturated carbocycles. The molecule has 158 valence electrons. The first kappa shape index (κ1) is 20.0. The van der Waals surface area contributed by atoms with Crippen LogP contribution in [0.2, 0.25) is 0 Å². The minimum atomic E-state index is -0.415. The van der Waals surface area contributed by atoms with Gasteiger partial charge in [-0.25, -0.2) is 14.0 Å². The summed E-state index contributed by atoms with van der Waals surface area (Å²) in [5, 5.41) is 5.66. The van der Waals surface area contributed by atoms with E-state index in [9.17, 15) is 14.0 Å². The first-order valence-electron chi connectivity index (χ1n) is 10.4. The van der Waals surface area contributed by atoms with Crippen LogP contribution in [-0.4, -0.2) is 28.3 Å². The lowest BCUT2D eigenvalue weighted by molar-refractivity contribution is 0.262. The van der Waals surface area contributed by atoms with Crippen LogP contribution in [0.1, 0.15) is 26.7 Å². The molecule has 0 aliphatic carbocycles. The van der Waals surface area contributed by atoms with Crippen LogP contribution in [0.15, 0.2) is 41.2 Å². The van der Waals surface area contributed by atoms with E-state index in [2.05, 4.69) is 15.5 Å². The average Bonchev–Trinajstić information content (AvgIpc) is 3.34. The molecule has 1 fully saturated rings. The number of rotatable bonds is 5. The normalized spacial score (nSPS) is 13.8. The molecular formula is C22H26FN5O2. The summed E-state index contributed by atoms with van der Waals surface area (Å²) < 4.78 is 16.6. The van der Waals surface area contributed by atoms with Gasteiger partial charge in [0.05, 0.1) is 22.4 Å². The summed E-state index contributed by atoms with van der Waals surface area (Å²) in [5.41, 5.74) is 3.68. The molecular weight excluding hydrogens is 385 g/mol. The number of carbonyl (C=O) groups excluding carboxylic acids is 1. The fraction of sp³-hybridized carbons (Fsp3) is 0.364. The van der Waals surface area contributed by atoms with Crippen LogP contribution in [0.3, 0.4) is 0 Å². The molecule has 0 unspecified atom stereocenters. The number of carbonyl (C=O) groups is 1. The second-order valence-electron chi connectivity index (χ2n) is 7.41. The molecule has 1 aliphatic heterocycles. The van der Waals surface area contributed by atoms with Gasteiger partial charge in [-0.15, -0.1) is 0 Å². The quantitative estimate of drug-likeness (QED) is 0.660. The van der Waals surface area contributed by atoms with Gasteiger partial charge in [-0.3, -0.25) is 9.13 Å². The lowest BCUT2D eigenvalue weighted by Crippen LogP contribution is -2.24. The molecule has 1 aromatic heterocycles. The van der Waals surface area contributed by atoms with Gasteiger partial charge in [-0.2, -0.15) is 0 Å². The highest BCUT2D eigenvalue weighted by molar-refractivity contribution is 6.04. The summed E-state index contributed by atoms with van der Waals surface area (Å²) in [6.45, 7) is 6.84. The van der Waals surface area contributed by atoms with Gasteiger partial charge in [-0.05, 0) is 63.1 Å². The highest BCUT2D eigenvalue weighted by Gasteiger charge is 2.21. The second kappa shape index (κ2) is 8.22. The van der Waals surface area contributed by atoms with E-state index < -0.39 is 6.03 Å². The maximum Gasteiger partial charge on any atom is 0.329 e. The molecule has 2 heterocycles. The fourth-order valence-electron chi connectivity index (χ4n) is 4.10. The predicted octanol–water partition coefficient (Wildman–Crippen LogP) is 4.23. The Balaban J connectivity index is 1.74. The zero-order chi connectivity index (χ0) is 21.3. The van der Waals surface area contributed by atoms with Gasteiger partial charge in [0.2, 0.25) is 0 Å². The Bertz CT molecular complexity index is 1130. The van der Waals surface area contributed by atoms with Crippen molar-refractivity contribution in [1.82, 2.24) is 9.13 Å². The molecule has 1 saturated heterocycles. The predicted molar refractivity (Wildman–Crippen MR) is 118 cm³/mol. The minimum Gasteiger partial charge on any atom is -0.370 e. The van der Waals surface area contributed by atoms with Crippen molar-refractivity contribution in [2.45, 2.75) is 39.8 Å². The number of benzene rings is 2. The molecule has 0 atom stereocenters. The summed E-state index contributed by atoms with van der Waals surface area (Å²) in [4.78, 5) is 27.6. The number of anilines is 3. The minimum absolute atomic E-state index is 0.0460. The lowest BCUT2D eigenvalue weighted by Gasteiger charge is -2.22. The Morgan fingerprint density at radius 2 is 1.57 bits per heavy atom. The van der Waals surface area contributed by atoms with E-state index in [1.54, 1.807) is 9.13 Å². The highest BCUT2D eigenvalue weighted by atomic mass is 19.1. The first-order chi connectivity index (χ1) is 14.5. The molecule has 0 bridgehead atoms. The van der Waals surface area contributed by atoms with Crippen LogP contribution in [0, 0.1) is 5.82 Å². The molecule has 4 rings (SSSR count). The van der Waals surface area contributed by atoms with Crippen molar-refractivity contribution < 1.29 is 9.18 Å². The number of nitrogens with one attached hydrogen (secondary N) is 2. The monoisotopic (exact) mass is 411 g/mol. The summed E-state index contributed by atoms with van der Waals surface area (Å²) >= 11 is 0. The molecule has 2 N–H and O–H groups in total. The Hall–Kier alpha value is -3.29. The fourth-order valence-corrected chi connectivity index (χ4v) is 4.10. The number of urea groups is 1. The average molecular weight is 411 g/mol. The number of hydrogen-bond acceptors (Lipinski definition) is 3. The van der Waals surface area contributed by atoms with E-state index in [0.717, 1.165) is 42.7 Å². The van der Waals surface area contributed by atoms with Gasteiger partial charge in [0.15, 0.2) is 0 Å². The molecule has 8 heteroatoms. The molecule has 30 heavy (non-hydrogen) atoms. The SMILES string of the molecule is CCn1c(=O)n(CC)c2cc(N3CCCC3)c(NC(=O)Nc3ccc(F)cc3)cc21. The molecule has 2 aromatic carbocycles. The Kier molecular flexibility index (Phi) is 5.48. The van der Waals surface area contributed by atoms with Gasteiger partial charge < -0.3 is 15.5 Å². The smallest absolute Gasteiger partial charge is 0.329 e. The standard InChI is InChI=1S/C22H26FN5O2/c1-3-27-19-13-17(25-21(29)24-16-9-7-15(23)8-10-16)18(26-11-5-6-12-26)14-20(19)28(4-2)22(27)30/h7-10,13-14H,3-6,11-12H2,1-2H3,(H2,24,25,29). The Morgan fingerprint density at radius 1 is 0.967 bits per heavy atom. The third-order valence-electron chi connectivity index (χ3n) is 5.57. The topological polar surface area (TPSA) is 71.3 Å². The van der Waals surface area contributed by atoms with E-state index in [1.807, 2.05) is 26.0 Å². The van der Waals surface area contributed by atoms with Gasteiger partial charge in [0.1, 0.15) is 5.82 Å². The van der Waals surface area contributed by atoms with E-state index >= 15 is 0 Å². The summed E-state index contributed by atoms with van der Waals surface area (Å²) in [6, 6.07) is 9.08. The summed E-state index contributed by atoms with van der Waals surface area (Å²) in [5.74, 6) is -0.360. The Labute approximate surface area is 174 Å². The number of nitrogens with zero attached hydrogens (tertiary/aromatic N) is 3. The zero-order valence-electron chi connectivity index (χ0n) is 17.2. The zero-order valence-corrected chi connectivity index (χ0v) is 17.2. The molecule has 1 aliphatic rings. The van der Waals surface area contributed by atoms with Crippen molar-refractivity contribution in [2.75, 3.05) is 28.6 Å². The van der Waals surface area contributed by atoms with Crippen molar-refractivity contribution in [1.29, 1.82) is 0 Å². The number of amides is 2. The highest BCUT2D eigenvalue weighted by Crippen LogP contribution is 2.33. The van der Waals surface area contributed by atoms with E-state index in [0.29, 0.717) is 24.5 Å². The van der Waals surface area contributed by atoms with Crippen molar-refractivity contribution in [3.63, 3.8) is 0 Å². The van der Waals surface area contributed by atoms with Crippen LogP contribution in [0.5, 0.6) is 0 Å². The summed E-state index contributed by atoms with van der Waals surface area (Å²) in [6.07, 6.45) is 2.19. The lowest BCUT2D eigenvalue weighted by atomic mass is 10.2. The number of hydrogen-bond donors (Lipinski definition) is 2. The van der Waals surface area contributed by atoms with Crippen molar-refractivity contribution in [2.24, 2.45) is 0 Å². The maximum atomic E-state index is 13.1. The second-order valence-corrected chi connectivity index (χ2v) is 7.41. The Morgan fingerprint density at radius 3 is 2.17 bits per heavy atom. The van der Waals surface area contributed by atoms with Gasteiger partial charge in [0, 0.05) is 31.9 Å². The van der Waals surface area contributed by atoms with Gasteiger partial charge >= 0.3 is 11.7 Å². The van der Waals surface area contributed by atoms with E-state index in [-0.39, 0.29) is 11.5 Å². The molecule has 7 nitrogen and oxygen atoms in total. The number of aromatic nitrogens is 2. The van der Waals surface area contributed by atoms with Gasteiger partial charge in [0.25, 0.3) is 0 Å². The van der Waals surface area contributed by atoms with Crippen LogP contribution < -0.4 is 21.2 Å². The molecule has 3 aromatic rings. The largest absolute Gasteiger partial charge is 0.370 e. The van der Waals surface area contributed by atoms with Crippen LogP contribution in [0.4, 0.5) is 26.2 Å². The van der Waals surface area contributed by atoms with Crippen molar-refractivity contribution >= 4 is 34.1 Å². The molecule has 0 radical (unpaired) electrons. The molecule has 2 amide bonds. The van der Waals surface area contributed by atoms with Crippen molar-refractivity contribution in [3.05, 3.63) is 52.7 Å². The number of fused-ring (bicyclic) bond motifs is 1. The van der Waals surface area contributed by atoms with Crippen LogP contribution in [-0.2, 0) is 13.1 Å². The third-order valence-corrected chi connectivity index (χ3v) is 5.57. The summed E-state index contributed by atoms with van der Waals surface area (Å²) in [7, 11) is 0. The van der Waals surface area contributed by atoms with Crippen LogP contribution in [0.25, 0.3) is 11.0 Å². The first-order valence-corrected chi connectivity index (χ1v) is 10.4. The number of halogens is 1. The van der Waals surface area contributed by atoms with E-state index in [4.69, 9.17) is 0 Å². The van der Waals surface area contributed by atoms with E-state index in [1.165, 1.54) is 24.3 Å². The van der Waals surface area contributed by atoms with Crippen molar-refractivity contribution in [3.8, 4) is 0 Å². The maximum absolute atomic E-state index is 13.1. The van der Waals surface area contributed by atoms with Crippen LogP contribution >= 0.6 is 0 Å². The number of aryl methyl sites for hydroxylation is 2. The van der Waals surface area contributed by atoms with Gasteiger partial charge in [-0.1, -0.05) is 0 Å². The molecule has 0 spiro atoms. The number of imidazole rings is 1. The third kappa shape index (κ3) is 3.65.